The van der Waals surface area contributed by atoms with Crippen LogP contribution >= 0.6 is 0 Å². The van der Waals surface area contributed by atoms with Gasteiger partial charge in [-0.25, -0.2) is 0 Å². The average Bonchev–Trinajstić information content (AvgIpc) is 2.52. The molecule has 0 aliphatic heterocycles. The van der Waals surface area contributed by atoms with Gasteiger partial charge in [-0.15, -0.1) is 0 Å². The number of rotatable bonds is 5. The lowest BCUT2D eigenvalue weighted by Gasteiger charge is -2.11. The Bertz CT molecular complexity index is 694. The third-order valence-corrected chi connectivity index (χ3v) is 2.91. The maximum absolute atomic E-state index is 12.0. The van der Waals surface area contributed by atoms with Crippen molar-refractivity contribution in [2.24, 2.45) is 0 Å². The molecule has 1 unspecified atom stereocenters. The second-order valence-electron chi connectivity index (χ2n) is 4.23. The maximum atomic E-state index is 12.0. The number of benzene rings is 2. The van der Waals surface area contributed by atoms with E-state index in [0.717, 1.165) is 0 Å². The van der Waals surface area contributed by atoms with Crippen molar-refractivity contribution in [3.05, 3.63) is 75.3 Å². The van der Waals surface area contributed by atoms with E-state index in [-0.39, 0.29) is 23.4 Å². The molecule has 0 fully saturated rings. The van der Waals surface area contributed by atoms with E-state index >= 15 is 0 Å². The number of hydrogen-bond donors (Lipinski definition) is 0. The third-order valence-electron chi connectivity index (χ3n) is 2.91. The summed E-state index contributed by atoms with van der Waals surface area (Å²) in [4.78, 5) is 10.3. The maximum Gasteiger partial charge on any atom is 0.274 e. The minimum Gasteiger partial charge on any atom is -0.341 e. The van der Waals surface area contributed by atoms with Gasteiger partial charge in [0.2, 0.25) is 6.29 Å². The second kappa shape index (κ2) is 6.61. The summed E-state index contributed by atoms with van der Waals surface area (Å²) in [6.07, 6.45) is -1.57. The van der Waals surface area contributed by atoms with Gasteiger partial charge in [0, 0.05) is 11.6 Å². The van der Waals surface area contributed by atoms with E-state index in [1.165, 1.54) is 24.3 Å². The Hall–Kier alpha value is -2.75. The van der Waals surface area contributed by atoms with Crippen LogP contribution in [0, 0.1) is 21.4 Å². The summed E-state index contributed by atoms with van der Waals surface area (Å²) in [5.74, 6) is 0. The molecule has 0 heterocycles. The van der Waals surface area contributed by atoms with Gasteiger partial charge in [0.15, 0.2) is 0 Å². The standard InChI is InChI=1S/C15H11N2O4/c16-9-11-5-1-3-7-13(11)15(18)21-10-12-6-2-4-8-14(12)17(19)20/h1-8,15H,10H2. The fourth-order valence-electron chi connectivity index (χ4n) is 1.87. The number of para-hydroxylation sites is 1. The molecule has 6 nitrogen and oxygen atoms in total. The average molecular weight is 283 g/mol. The summed E-state index contributed by atoms with van der Waals surface area (Å²) in [5.41, 5.74) is 0.676. The highest BCUT2D eigenvalue weighted by atomic mass is 16.6. The minimum atomic E-state index is -1.57. The van der Waals surface area contributed by atoms with Gasteiger partial charge in [-0.05, 0) is 12.1 Å². The van der Waals surface area contributed by atoms with Gasteiger partial charge >= 0.3 is 0 Å². The number of nitro groups is 1. The topological polar surface area (TPSA) is 96.1 Å². The molecule has 2 aromatic carbocycles. The van der Waals surface area contributed by atoms with Gasteiger partial charge in [-0.2, -0.15) is 10.4 Å². The Morgan fingerprint density at radius 3 is 2.57 bits per heavy atom. The van der Waals surface area contributed by atoms with Gasteiger partial charge in [0.05, 0.1) is 28.7 Å². The van der Waals surface area contributed by atoms with Gasteiger partial charge in [0.25, 0.3) is 5.69 Å². The first-order chi connectivity index (χ1) is 10.1. The van der Waals surface area contributed by atoms with Gasteiger partial charge in [0.1, 0.15) is 0 Å². The van der Waals surface area contributed by atoms with E-state index in [4.69, 9.17) is 10.00 Å². The first kappa shape index (κ1) is 14.7. The van der Waals surface area contributed by atoms with Crippen molar-refractivity contribution in [3.8, 4) is 6.07 Å². The monoisotopic (exact) mass is 283 g/mol. The summed E-state index contributed by atoms with van der Waals surface area (Å²) in [6, 6.07) is 14.3. The van der Waals surface area contributed by atoms with Gasteiger partial charge in [-0.3, -0.25) is 10.1 Å². The van der Waals surface area contributed by atoms with E-state index < -0.39 is 11.2 Å². The van der Waals surface area contributed by atoms with Crippen LogP contribution in [0.3, 0.4) is 0 Å². The summed E-state index contributed by atoms with van der Waals surface area (Å²) in [7, 11) is 0. The molecule has 0 aliphatic rings. The molecule has 105 valence electrons. The van der Waals surface area contributed by atoms with Crippen molar-refractivity contribution in [2.45, 2.75) is 12.9 Å². The predicted molar refractivity (Wildman–Crippen MR) is 72.5 cm³/mol. The smallest absolute Gasteiger partial charge is 0.274 e. The van der Waals surface area contributed by atoms with Crippen LogP contribution in [0.15, 0.2) is 48.5 Å². The third kappa shape index (κ3) is 3.42. The molecule has 2 aromatic rings. The van der Waals surface area contributed by atoms with E-state index in [1.807, 2.05) is 6.07 Å². The van der Waals surface area contributed by atoms with E-state index in [9.17, 15) is 15.2 Å². The molecule has 1 atom stereocenters. The quantitative estimate of drug-likeness (QED) is 0.478. The zero-order valence-electron chi connectivity index (χ0n) is 10.9. The molecular weight excluding hydrogens is 272 g/mol. The van der Waals surface area contributed by atoms with Crippen LogP contribution in [0.5, 0.6) is 0 Å². The van der Waals surface area contributed by atoms with Crippen molar-refractivity contribution < 1.29 is 14.8 Å². The van der Waals surface area contributed by atoms with Crippen molar-refractivity contribution in [3.63, 3.8) is 0 Å². The molecule has 1 radical (unpaired) electrons. The zero-order valence-corrected chi connectivity index (χ0v) is 10.9. The molecule has 0 amide bonds. The number of nitriles is 1. The fourth-order valence-corrected chi connectivity index (χ4v) is 1.87. The zero-order chi connectivity index (χ0) is 15.2. The lowest BCUT2D eigenvalue weighted by atomic mass is 10.1. The molecule has 0 N–H and O–H groups in total. The van der Waals surface area contributed by atoms with Gasteiger partial charge in [-0.1, -0.05) is 30.3 Å². The Kier molecular flexibility index (Phi) is 4.61. The molecule has 0 spiro atoms. The summed E-state index contributed by atoms with van der Waals surface area (Å²) in [6.45, 7) is -0.189. The highest BCUT2D eigenvalue weighted by Crippen LogP contribution is 2.24. The van der Waals surface area contributed by atoms with E-state index in [0.29, 0.717) is 5.56 Å². The SMILES string of the molecule is N#Cc1ccccc1C([O])OCc1ccccc1[N+](=O)[O-]. The minimum absolute atomic E-state index is 0.0988. The van der Waals surface area contributed by atoms with Crippen molar-refractivity contribution >= 4 is 5.69 Å². The van der Waals surface area contributed by atoms with E-state index in [1.54, 1.807) is 24.3 Å². The molecule has 0 bridgehead atoms. The van der Waals surface area contributed by atoms with Crippen LogP contribution in [0.25, 0.3) is 0 Å². The second-order valence-corrected chi connectivity index (χ2v) is 4.23. The molecule has 2 rings (SSSR count). The fraction of sp³-hybridized carbons (Fsp3) is 0.133. The Balaban J connectivity index is 2.14. The van der Waals surface area contributed by atoms with Crippen LogP contribution in [0.1, 0.15) is 23.0 Å². The first-order valence-electron chi connectivity index (χ1n) is 6.12. The molecule has 21 heavy (non-hydrogen) atoms. The first-order valence-corrected chi connectivity index (χ1v) is 6.12. The normalized spacial score (nSPS) is 11.6. The lowest BCUT2D eigenvalue weighted by molar-refractivity contribution is -0.386. The number of hydrogen-bond acceptors (Lipinski definition) is 4. The van der Waals surface area contributed by atoms with Crippen LogP contribution in [0.2, 0.25) is 0 Å². The molecular formula is C15H11N2O4. The molecule has 6 heteroatoms. The predicted octanol–water partition coefficient (Wildman–Crippen LogP) is 3.11. The molecule has 0 saturated heterocycles. The van der Waals surface area contributed by atoms with Crippen LogP contribution in [-0.2, 0) is 16.5 Å². The van der Waals surface area contributed by atoms with Crippen molar-refractivity contribution in [1.29, 1.82) is 5.26 Å². The Labute approximate surface area is 121 Å². The summed E-state index contributed by atoms with van der Waals surface area (Å²) in [5, 5.41) is 31.8. The molecule has 0 aliphatic carbocycles. The number of nitrogens with zero attached hydrogens (tertiary/aromatic N) is 2. The van der Waals surface area contributed by atoms with Crippen molar-refractivity contribution in [2.75, 3.05) is 0 Å². The van der Waals surface area contributed by atoms with E-state index in [2.05, 4.69) is 0 Å². The Morgan fingerprint density at radius 2 is 1.86 bits per heavy atom. The summed E-state index contributed by atoms with van der Waals surface area (Å²) >= 11 is 0. The van der Waals surface area contributed by atoms with Crippen molar-refractivity contribution in [1.82, 2.24) is 0 Å². The van der Waals surface area contributed by atoms with Crippen LogP contribution in [0.4, 0.5) is 5.69 Å². The molecule has 0 aromatic heterocycles. The Morgan fingerprint density at radius 1 is 1.19 bits per heavy atom. The largest absolute Gasteiger partial charge is 0.341 e. The van der Waals surface area contributed by atoms with Crippen LogP contribution < -0.4 is 0 Å². The lowest BCUT2D eigenvalue weighted by Crippen LogP contribution is -2.05. The number of nitro benzene ring substituents is 1. The van der Waals surface area contributed by atoms with Gasteiger partial charge < -0.3 is 4.74 Å². The summed E-state index contributed by atoms with van der Waals surface area (Å²) < 4.78 is 5.14. The molecule has 0 saturated carbocycles. The number of ether oxygens (including phenoxy) is 1. The highest BCUT2D eigenvalue weighted by molar-refractivity contribution is 5.40. The highest BCUT2D eigenvalue weighted by Gasteiger charge is 2.17. The van der Waals surface area contributed by atoms with Crippen LogP contribution in [-0.4, -0.2) is 4.92 Å².